The van der Waals surface area contributed by atoms with E-state index in [9.17, 15) is 14.9 Å². The van der Waals surface area contributed by atoms with E-state index in [0.29, 0.717) is 18.7 Å². The second-order valence-electron chi connectivity index (χ2n) is 7.59. The number of rotatable bonds is 6. The SMILES string of the molecule is C/C(=N\NC(=O)CCn1c2c(c3ccccc31)CCCC2)c1ccc([N+](=O)[O-])cc1. The van der Waals surface area contributed by atoms with Crippen molar-refractivity contribution >= 4 is 28.2 Å². The average molecular weight is 404 g/mol. The maximum Gasteiger partial charge on any atom is 0.269 e. The summed E-state index contributed by atoms with van der Waals surface area (Å²) in [5, 5.41) is 16.2. The van der Waals surface area contributed by atoms with Gasteiger partial charge in [-0.2, -0.15) is 5.10 Å². The van der Waals surface area contributed by atoms with E-state index < -0.39 is 4.92 Å². The zero-order valence-corrected chi connectivity index (χ0v) is 16.9. The van der Waals surface area contributed by atoms with Crippen LogP contribution in [0.1, 0.15) is 43.0 Å². The minimum Gasteiger partial charge on any atom is -0.344 e. The van der Waals surface area contributed by atoms with Crippen LogP contribution in [0.25, 0.3) is 10.9 Å². The van der Waals surface area contributed by atoms with E-state index in [0.717, 1.165) is 18.4 Å². The number of amides is 1. The molecule has 4 rings (SSSR count). The number of carbonyl (C=O) groups is 1. The Morgan fingerprint density at radius 1 is 1.13 bits per heavy atom. The molecule has 0 atom stereocenters. The van der Waals surface area contributed by atoms with Crippen LogP contribution in [0.15, 0.2) is 53.6 Å². The lowest BCUT2D eigenvalue weighted by atomic mass is 9.95. The first-order valence-electron chi connectivity index (χ1n) is 10.2. The van der Waals surface area contributed by atoms with Crippen molar-refractivity contribution in [2.24, 2.45) is 5.10 Å². The summed E-state index contributed by atoms with van der Waals surface area (Å²) >= 11 is 0. The molecule has 0 fully saturated rings. The number of nitro groups is 1. The van der Waals surface area contributed by atoms with Crippen LogP contribution in [0.2, 0.25) is 0 Å². The number of nitrogens with zero attached hydrogens (tertiary/aromatic N) is 3. The fraction of sp³-hybridized carbons (Fsp3) is 0.304. The lowest BCUT2D eigenvalue weighted by molar-refractivity contribution is -0.384. The Morgan fingerprint density at radius 2 is 1.87 bits per heavy atom. The second kappa shape index (κ2) is 8.49. The molecule has 154 valence electrons. The van der Waals surface area contributed by atoms with Crippen molar-refractivity contribution in [1.82, 2.24) is 9.99 Å². The molecule has 7 heteroatoms. The number of aryl methyl sites for hydroxylation is 2. The van der Waals surface area contributed by atoms with Gasteiger partial charge in [0.15, 0.2) is 0 Å². The van der Waals surface area contributed by atoms with Crippen LogP contribution in [0, 0.1) is 10.1 Å². The highest BCUT2D eigenvalue weighted by atomic mass is 16.6. The number of para-hydroxylation sites is 1. The first-order valence-corrected chi connectivity index (χ1v) is 10.2. The van der Waals surface area contributed by atoms with Crippen LogP contribution in [0.3, 0.4) is 0 Å². The van der Waals surface area contributed by atoms with Crippen LogP contribution in [0.5, 0.6) is 0 Å². The molecule has 0 aliphatic heterocycles. The number of non-ortho nitro benzene ring substituents is 1. The Hall–Kier alpha value is -3.48. The van der Waals surface area contributed by atoms with Crippen molar-refractivity contribution in [2.45, 2.75) is 45.6 Å². The van der Waals surface area contributed by atoms with Crippen LogP contribution in [0.4, 0.5) is 5.69 Å². The Labute approximate surface area is 174 Å². The molecule has 1 heterocycles. The van der Waals surface area contributed by atoms with Crippen molar-refractivity contribution in [3.05, 3.63) is 75.5 Å². The number of hydrogen-bond acceptors (Lipinski definition) is 4. The quantitative estimate of drug-likeness (QED) is 0.376. The van der Waals surface area contributed by atoms with Gasteiger partial charge in [-0.1, -0.05) is 18.2 Å². The van der Waals surface area contributed by atoms with E-state index in [1.807, 2.05) is 6.07 Å². The number of carbonyl (C=O) groups excluding carboxylic acids is 1. The molecule has 0 saturated heterocycles. The van der Waals surface area contributed by atoms with Gasteiger partial charge in [-0.05, 0) is 61.9 Å². The van der Waals surface area contributed by atoms with Gasteiger partial charge >= 0.3 is 0 Å². The second-order valence-corrected chi connectivity index (χ2v) is 7.59. The minimum atomic E-state index is -0.443. The number of aromatic nitrogens is 1. The Morgan fingerprint density at radius 3 is 2.63 bits per heavy atom. The number of nitro benzene ring substituents is 1. The molecule has 0 bridgehead atoms. The Bertz CT molecular complexity index is 1130. The molecule has 0 radical (unpaired) electrons. The molecule has 1 amide bonds. The van der Waals surface area contributed by atoms with Crippen LogP contribution >= 0.6 is 0 Å². The number of hydrazone groups is 1. The van der Waals surface area contributed by atoms with Crippen LogP contribution < -0.4 is 5.43 Å². The fourth-order valence-electron chi connectivity index (χ4n) is 4.15. The number of benzene rings is 2. The zero-order chi connectivity index (χ0) is 21.1. The van der Waals surface area contributed by atoms with Gasteiger partial charge in [0.05, 0.1) is 10.6 Å². The molecular formula is C23H24N4O3. The van der Waals surface area contributed by atoms with E-state index in [4.69, 9.17) is 0 Å². The van der Waals surface area contributed by atoms with Gasteiger partial charge in [0.2, 0.25) is 5.91 Å². The Kier molecular flexibility index (Phi) is 5.61. The number of nitrogens with one attached hydrogen (secondary N) is 1. The summed E-state index contributed by atoms with van der Waals surface area (Å²) < 4.78 is 2.29. The summed E-state index contributed by atoms with van der Waals surface area (Å²) in [4.78, 5) is 22.7. The van der Waals surface area contributed by atoms with Crippen molar-refractivity contribution in [2.75, 3.05) is 0 Å². The van der Waals surface area contributed by atoms with E-state index in [2.05, 4.69) is 33.3 Å². The third-order valence-corrected chi connectivity index (χ3v) is 5.69. The first-order chi connectivity index (χ1) is 14.5. The summed E-state index contributed by atoms with van der Waals surface area (Å²) in [6, 6.07) is 14.5. The third-order valence-electron chi connectivity index (χ3n) is 5.69. The van der Waals surface area contributed by atoms with Crippen molar-refractivity contribution < 1.29 is 9.72 Å². The fourth-order valence-corrected chi connectivity index (χ4v) is 4.15. The van der Waals surface area contributed by atoms with E-state index >= 15 is 0 Å². The molecule has 30 heavy (non-hydrogen) atoms. The molecule has 3 aromatic rings. The third kappa shape index (κ3) is 3.96. The monoisotopic (exact) mass is 404 g/mol. The van der Waals surface area contributed by atoms with E-state index in [1.165, 1.54) is 47.1 Å². The number of fused-ring (bicyclic) bond motifs is 3. The van der Waals surface area contributed by atoms with Crippen molar-refractivity contribution in [3.63, 3.8) is 0 Å². The summed E-state index contributed by atoms with van der Waals surface area (Å²) in [6.07, 6.45) is 4.91. The lowest BCUT2D eigenvalue weighted by Gasteiger charge is -2.15. The summed E-state index contributed by atoms with van der Waals surface area (Å²) in [6.45, 7) is 2.38. The molecular weight excluding hydrogens is 380 g/mol. The van der Waals surface area contributed by atoms with Gasteiger partial charge in [0.1, 0.15) is 0 Å². The Balaban J connectivity index is 1.43. The normalized spacial score (nSPS) is 13.8. The van der Waals surface area contributed by atoms with Gasteiger partial charge in [-0.15, -0.1) is 0 Å². The molecule has 1 aromatic heterocycles. The highest BCUT2D eigenvalue weighted by molar-refractivity contribution is 5.99. The molecule has 2 aromatic carbocycles. The van der Waals surface area contributed by atoms with Crippen molar-refractivity contribution in [3.8, 4) is 0 Å². The van der Waals surface area contributed by atoms with Gasteiger partial charge in [0, 0.05) is 41.7 Å². The predicted octanol–water partition coefficient (Wildman–Crippen LogP) is 4.36. The zero-order valence-electron chi connectivity index (χ0n) is 16.9. The molecule has 1 N–H and O–H groups in total. The first kappa shape index (κ1) is 19.8. The molecule has 7 nitrogen and oxygen atoms in total. The van der Waals surface area contributed by atoms with E-state index in [-0.39, 0.29) is 11.6 Å². The molecule has 1 aliphatic carbocycles. The largest absolute Gasteiger partial charge is 0.344 e. The number of hydrogen-bond donors (Lipinski definition) is 1. The maximum atomic E-state index is 12.4. The molecule has 0 saturated carbocycles. The van der Waals surface area contributed by atoms with Gasteiger partial charge in [-0.25, -0.2) is 5.43 Å². The van der Waals surface area contributed by atoms with Gasteiger partial charge in [-0.3, -0.25) is 14.9 Å². The maximum absolute atomic E-state index is 12.4. The van der Waals surface area contributed by atoms with Crippen molar-refractivity contribution in [1.29, 1.82) is 0 Å². The molecule has 0 unspecified atom stereocenters. The highest BCUT2D eigenvalue weighted by Crippen LogP contribution is 2.32. The summed E-state index contributed by atoms with van der Waals surface area (Å²) in [5.41, 5.74) is 7.96. The standard InChI is InChI=1S/C23H24N4O3/c1-16(17-10-12-18(13-11-17)27(29)30)24-25-23(28)14-15-26-21-8-4-2-6-19(21)20-7-3-5-9-22(20)26/h2,4,6,8,10-13H,3,5,7,9,14-15H2,1H3,(H,25,28)/b24-16+. The predicted molar refractivity (Wildman–Crippen MR) is 117 cm³/mol. The van der Waals surface area contributed by atoms with E-state index in [1.54, 1.807) is 19.1 Å². The van der Waals surface area contributed by atoms with Crippen LogP contribution in [-0.4, -0.2) is 21.1 Å². The highest BCUT2D eigenvalue weighted by Gasteiger charge is 2.19. The lowest BCUT2D eigenvalue weighted by Crippen LogP contribution is -2.21. The smallest absolute Gasteiger partial charge is 0.269 e. The van der Waals surface area contributed by atoms with Gasteiger partial charge < -0.3 is 4.57 Å². The van der Waals surface area contributed by atoms with Crippen LogP contribution in [-0.2, 0) is 24.2 Å². The molecule has 1 aliphatic rings. The van der Waals surface area contributed by atoms with Gasteiger partial charge in [0.25, 0.3) is 5.69 Å². The topological polar surface area (TPSA) is 89.5 Å². The average Bonchev–Trinajstić information content (AvgIpc) is 3.10. The minimum absolute atomic E-state index is 0.0258. The summed E-state index contributed by atoms with van der Waals surface area (Å²) in [7, 11) is 0. The molecule has 0 spiro atoms. The summed E-state index contributed by atoms with van der Waals surface area (Å²) in [5.74, 6) is -0.154.